The molecule has 0 bridgehead atoms. The van der Waals surface area contributed by atoms with Crippen molar-refractivity contribution < 1.29 is 21.1 Å². The van der Waals surface area contributed by atoms with Crippen LogP contribution in [0.5, 0.6) is 5.75 Å². The zero-order valence-electron chi connectivity index (χ0n) is 8.13. The van der Waals surface area contributed by atoms with Gasteiger partial charge in [-0.1, -0.05) is 0 Å². The Hall–Kier alpha value is -1.01. The summed E-state index contributed by atoms with van der Waals surface area (Å²) in [7, 11) is 1.39. The van der Waals surface area contributed by atoms with Crippen molar-refractivity contribution in [2.24, 2.45) is 0 Å². The first-order valence-corrected chi connectivity index (χ1v) is 7.98. The molecule has 1 aromatic carbocycles. The van der Waals surface area contributed by atoms with Crippen LogP contribution in [0.1, 0.15) is 0 Å². The van der Waals surface area contributed by atoms with Crippen LogP contribution in [0.25, 0.3) is 11.1 Å². The van der Waals surface area contributed by atoms with E-state index in [0.717, 1.165) is 0 Å². The second-order valence-electron chi connectivity index (χ2n) is 3.08. The van der Waals surface area contributed by atoms with Gasteiger partial charge in [0.15, 0.2) is 0 Å². The summed E-state index contributed by atoms with van der Waals surface area (Å²) >= 11 is -0.164. The number of aromatic nitrogens is 1. The Morgan fingerprint density at radius 1 is 1.50 bits per heavy atom. The standard InChI is InChI=1S/C8H8AsNO5S/c1-14-6-3-4(9(11,12)13)2-5-7(6)15-8(16)10-5/h2-3H,1H3,(H,10,16)(H2,11,12,13). The zero-order chi connectivity index (χ0) is 11.9. The van der Waals surface area contributed by atoms with Crippen molar-refractivity contribution in [3.63, 3.8) is 0 Å². The molecule has 0 amide bonds. The van der Waals surface area contributed by atoms with Gasteiger partial charge in [0.1, 0.15) is 0 Å². The number of fused-ring (bicyclic) bond motifs is 1. The molecule has 8 heteroatoms. The molecule has 0 aliphatic carbocycles. The molecule has 0 atom stereocenters. The Labute approximate surface area is 97.8 Å². The van der Waals surface area contributed by atoms with Gasteiger partial charge >= 0.3 is 97.7 Å². The van der Waals surface area contributed by atoms with Gasteiger partial charge in [0.05, 0.1) is 0 Å². The zero-order valence-corrected chi connectivity index (χ0v) is 10.8. The van der Waals surface area contributed by atoms with Gasteiger partial charge in [0.25, 0.3) is 0 Å². The van der Waals surface area contributed by atoms with Crippen LogP contribution in [0, 0.1) is 4.84 Å². The van der Waals surface area contributed by atoms with Crippen molar-refractivity contribution in [3.05, 3.63) is 17.0 Å². The van der Waals surface area contributed by atoms with Gasteiger partial charge in [-0.25, -0.2) is 0 Å². The van der Waals surface area contributed by atoms with Crippen LogP contribution < -0.4 is 9.09 Å². The fourth-order valence-electron chi connectivity index (χ4n) is 1.33. The summed E-state index contributed by atoms with van der Waals surface area (Å²) in [5.41, 5.74) is 0.754. The minimum atomic E-state index is -4.95. The van der Waals surface area contributed by atoms with Crippen molar-refractivity contribution >= 4 is 41.8 Å². The maximum atomic E-state index is 11.2. The van der Waals surface area contributed by atoms with E-state index in [4.69, 9.17) is 29.6 Å². The van der Waals surface area contributed by atoms with E-state index < -0.39 is 14.2 Å². The first kappa shape index (κ1) is 11.5. The van der Waals surface area contributed by atoms with Gasteiger partial charge in [0, 0.05) is 0 Å². The second kappa shape index (κ2) is 3.78. The van der Waals surface area contributed by atoms with Gasteiger partial charge in [-0.3, -0.25) is 0 Å². The fourth-order valence-corrected chi connectivity index (χ4v) is 2.75. The average molecular weight is 305 g/mol. The molecule has 0 unspecified atom stereocenters. The van der Waals surface area contributed by atoms with Crippen molar-refractivity contribution in [1.82, 2.24) is 4.98 Å². The van der Waals surface area contributed by atoms with E-state index in [-0.39, 0.29) is 14.9 Å². The average Bonchev–Trinajstić information content (AvgIpc) is 2.54. The minimum absolute atomic E-state index is 0.0884. The van der Waals surface area contributed by atoms with Gasteiger partial charge in [0.2, 0.25) is 0 Å². The van der Waals surface area contributed by atoms with Crippen molar-refractivity contribution in [3.8, 4) is 5.75 Å². The number of rotatable bonds is 2. The first-order valence-electron chi connectivity index (χ1n) is 4.19. The van der Waals surface area contributed by atoms with Gasteiger partial charge < -0.3 is 0 Å². The van der Waals surface area contributed by atoms with Crippen LogP contribution in [0.2, 0.25) is 0 Å². The molecule has 6 nitrogen and oxygen atoms in total. The molecule has 0 saturated carbocycles. The number of methoxy groups -OCH3 is 1. The van der Waals surface area contributed by atoms with Crippen molar-refractivity contribution in [2.45, 2.75) is 0 Å². The van der Waals surface area contributed by atoms with E-state index in [1.165, 1.54) is 19.2 Å². The Balaban J connectivity index is 2.82. The molecular formula is C8H8AsNO5S. The summed E-state index contributed by atoms with van der Waals surface area (Å²) in [6.45, 7) is 0. The molecule has 0 radical (unpaired) electrons. The summed E-state index contributed by atoms with van der Waals surface area (Å²) in [6.07, 6.45) is 0. The van der Waals surface area contributed by atoms with Crippen LogP contribution in [-0.4, -0.2) is 34.5 Å². The molecule has 0 aliphatic heterocycles. The summed E-state index contributed by atoms with van der Waals surface area (Å²) in [5, 5.41) is 0. The first-order chi connectivity index (χ1) is 7.41. The molecule has 3 N–H and O–H groups in total. The molecule has 0 saturated heterocycles. The molecule has 0 spiro atoms. The molecule has 1 aromatic heterocycles. The van der Waals surface area contributed by atoms with Crippen LogP contribution in [0.4, 0.5) is 0 Å². The van der Waals surface area contributed by atoms with Crippen molar-refractivity contribution in [1.29, 1.82) is 0 Å². The molecular weight excluding hydrogens is 297 g/mol. The number of oxazole rings is 1. The third-order valence-corrected chi connectivity index (χ3v) is 4.17. The molecule has 2 rings (SSSR count). The summed E-state index contributed by atoms with van der Waals surface area (Å²) < 4.78 is 39.5. The van der Waals surface area contributed by atoms with Crippen LogP contribution in [-0.2, 0) is 3.74 Å². The van der Waals surface area contributed by atoms with Gasteiger partial charge in [-0.05, 0) is 0 Å². The van der Waals surface area contributed by atoms with E-state index in [2.05, 4.69) is 4.98 Å². The molecule has 2 aromatic rings. The predicted octanol–water partition coefficient (Wildman–Crippen LogP) is 0.0600. The number of aromatic amines is 1. The third kappa shape index (κ3) is 1.94. The Kier molecular flexibility index (Phi) is 2.71. The third-order valence-electron chi connectivity index (χ3n) is 2.03. The normalized spacial score (nSPS) is 11.9. The van der Waals surface area contributed by atoms with Gasteiger partial charge in [-0.15, -0.1) is 0 Å². The Morgan fingerprint density at radius 3 is 2.75 bits per heavy atom. The summed E-state index contributed by atoms with van der Waals surface area (Å²) in [5.74, 6) is 0.240. The molecule has 86 valence electrons. The van der Waals surface area contributed by atoms with E-state index in [0.29, 0.717) is 11.1 Å². The Bertz CT molecular complexity index is 639. The van der Waals surface area contributed by atoms with E-state index in [1.54, 1.807) is 0 Å². The van der Waals surface area contributed by atoms with E-state index in [1.807, 2.05) is 0 Å². The SMILES string of the molecule is COc1cc([As](=O)(O)O)cc2[nH]c(=S)oc12. The number of ether oxygens (including phenoxy) is 1. The van der Waals surface area contributed by atoms with Crippen LogP contribution in [0.3, 0.4) is 0 Å². The van der Waals surface area contributed by atoms with Crippen molar-refractivity contribution in [2.75, 3.05) is 7.11 Å². The topological polar surface area (TPSA) is 95.7 Å². The number of hydrogen-bond donors (Lipinski definition) is 3. The predicted molar refractivity (Wildman–Crippen MR) is 58.5 cm³/mol. The molecule has 16 heavy (non-hydrogen) atoms. The molecule has 1 heterocycles. The summed E-state index contributed by atoms with van der Waals surface area (Å²) in [6, 6.07) is 2.58. The quantitative estimate of drug-likeness (QED) is 0.536. The monoisotopic (exact) mass is 305 g/mol. The molecule has 0 fully saturated rings. The number of benzene rings is 1. The second-order valence-corrected chi connectivity index (χ2v) is 6.82. The fraction of sp³-hybridized carbons (Fsp3) is 0.125. The number of nitrogens with one attached hydrogen (secondary N) is 1. The Morgan fingerprint density at radius 2 is 2.19 bits per heavy atom. The van der Waals surface area contributed by atoms with E-state index >= 15 is 0 Å². The molecule has 0 aliphatic rings. The maximum absolute atomic E-state index is 11.2. The van der Waals surface area contributed by atoms with Crippen LogP contribution >= 0.6 is 12.2 Å². The number of H-pyrrole nitrogens is 1. The summed E-state index contributed by atoms with van der Waals surface area (Å²) in [4.78, 5) is 2.81. The van der Waals surface area contributed by atoms with E-state index in [9.17, 15) is 3.74 Å². The van der Waals surface area contributed by atoms with Gasteiger partial charge in [-0.2, -0.15) is 0 Å². The van der Waals surface area contributed by atoms with Crippen LogP contribution in [0.15, 0.2) is 16.5 Å². The number of hydrogen-bond acceptors (Lipinski definition) is 4.